The van der Waals surface area contributed by atoms with Crippen molar-refractivity contribution in [3.05, 3.63) is 25.3 Å². The zero-order valence-corrected chi connectivity index (χ0v) is 17.5. The lowest BCUT2D eigenvalue weighted by atomic mass is 10.3. The van der Waals surface area contributed by atoms with Gasteiger partial charge in [-0.2, -0.15) is 9.97 Å². The molecule has 0 amide bonds. The number of nitrogens with zero attached hydrogens (tertiary/aromatic N) is 6. The first kappa shape index (κ1) is 21.4. The summed E-state index contributed by atoms with van der Waals surface area (Å²) in [5.74, 6) is 2.66. The number of aromatic nitrogens is 4. The van der Waals surface area contributed by atoms with Crippen LogP contribution in [0.3, 0.4) is 0 Å². The Hall–Kier alpha value is -2.90. The van der Waals surface area contributed by atoms with Gasteiger partial charge in [-0.25, -0.2) is 9.97 Å². The highest BCUT2D eigenvalue weighted by atomic mass is 15.3. The van der Waals surface area contributed by atoms with Crippen molar-refractivity contribution in [3.63, 3.8) is 0 Å². The normalized spacial score (nSPS) is 10.6. The van der Waals surface area contributed by atoms with Crippen molar-refractivity contribution in [1.82, 2.24) is 19.9 Å². The van der Waals surface area contributed by atoms with E-state index in [9.17, 15) is 0 Å². The molecular formula is C20H32N8. The third-order valence-electron chi connectivity index (χ3n) is 4.19. The molecule has 0 bridgehead atoms. The van der Waals surface area contributed by atoms with E-state index in [0.717, 1.165) is 37.3 Å². The average Bonchev–Trinajstić information content (AvgIpc) is 2.70. The van der Waals surface area contributed by atoms with E-state index in [4.69, 9.17) is 15.0 Å². The summed E-state index contributed by atoms with van der Waals surface area (Å²) in [6.07, 6.45) is 5.66. The molecule has 0 unspecified atom stereocenters. The Morgan fingerprint density at radius 1 is 0.964 bits per heavy atom. The van der Waals surface area contributed by atoms with Crippen molar-refractivity contribution in [1.29, 1.82) is 0 Å². The van der Waals surface area contributed by atoms with Gasteiger partial charge < -0.3 is 20.4 Å². The lowest BCUT2D eigenvalue weighted by molar-refractivity contribution is 0.827. The van der Waals surface area contributed by atoms with Crippen molar-refractivity contribution < 1.29 is 0 Å². The van der Waals surface area contributed by atoms with Gasteiger partial charge in [0, 0.05) is 40.3 Å². The van der Waals surface area contributed by atoms with Crippen LogP contribution >= 0.6 is 0 Å². The topological polar surface area (TPSA) is 82.1 Å². The summed E-state index contributed by atoms with van der Waals surface area (Å²) >= 11 is 0. The molecule has 2 rings (SSSR count). The first-order chi connectivity index (χ1) is 13.6. The van der Waals surface area contributed by atoms with E-state index in [0.29, 0.717) is 36.3 Å². The van der Waals surface area contributed by atoms with Crippen LogP contribution in [0.4, 0.5) is 23.5 Å². The summed E-state index contributed by atoms with van der Waals surface area (Å²) in [7, 11) is 3.87. The quantitative estimate of drug-likeness (QED) is 0.540. The molecular weight excluding hydrogens is 352 g/mol. The van der Waals surface area contributed by atoms with E-state index >= 15 is 0 Å². The minimum atomic E-state index is 0.579. The SMILES string of the molecule is C=CCN(CC=C)c1nc(N(C)CCC)c2nc(NCCC)nc(NC)c2n1. The van der Waals surface area contributed by atoms with Crippen molar-refractivity contribution in [2.75, 3.05) is 60.7 Å². The monoisotopic (exact) mass is 384 g/mol. The highest BCUT2D eigenvalue weighted by molar-refractivity contribution is 5.94. The first-order valence-corrected chi connectivity index (χ1v) is 9.78. The van der Waals surface area contributed by atoms with Crippen LogP contribution in [-0.4, -0.2) is 60.2 Å². The molecule has 0 aliphatic heterocycles. The van der Waals surface area contributed by atoms with Gasteiger partial charge in [-0.1, -0.05) is 26.0 Å². The Morgan fingerprint density at radius 2 is 1.68 bits per heavy atom. The fraction of sp³-hybridized carbons (Fsp3) is 0.500. The highest BCUT2D eigenvalue weighted by Gasteiger charge is 2.20. The third kappa shape index (κ3) is 4.88. The van der Waals surface area contributed by atoms with Crippen molar-refractivity contribution >= 4 is 34.6 Å². The minimum Gasteiger partial charge on any atom is -0.371 e. The lowest BCUT2D eigenvalue weighted by Gasteiger charge is -2.24. The molecule has 0 spiro atoms. The zero-order chi connectivity index (χ0) is 20.5. The van der Waals surface area contributed by atoms with E-state index in [1.54, 1.807) is 0 Å². The second kappa shape index (κ2) is 10.4. The third-order valence-corrected chi connectivity index (χ3v) is 4.19. The standard InChI is InChI=1S/C20H32N8/c1-7-11-22-19-23-16-15(17(21-5)25-19)24-20(28(13-9-3)14-10-4)26-18(16)27(6)12-8-2/h9-10H,3-4,7-8,11-14H2,1-2,5-6H3,(H2,21,22,23,25). The van der Waals surface area contributed by atoms with Crippen molar-refractivity contribution in [3.8, 4) is 0 Å². The fourth-order valence-electron chi connectivity index (χ4n) is 2.88. The number of anilines is 4. The van der Waals surface area contributed by atoms with Gasteiger partial charge in [0.1, 0.15) is 11.0 Å². The summed E-state index contributed by atoms with van der Waals surface area (Å²) in [6.45, 7) is 14.9. The van der Waals surface area contributed by atoms with Gasteiger partial charge in [-0.05, 0) is 12.8 Å². The Labute approximate surface area is 167 Å². The second-order valence-electron chi connectivity index (χ2n) is 6.52. The van der Waals surface area contributed by atoms with Crippen LogP contribution in [0.2, 0.25) is 0 Å². The van der Waals surface area contributed by atoms with Gasteiger partial charge in [0.15, 0.2) is 11.6 Å². The predicted octanol–water partition coefficient (Wildman–Crippen LogP) is 3.31. The molecule has 28 heavy (non-hydrogen) atoms. The molecule has 0 fully saturated rings. The zero-order valence-electron chi connectivity index (χ0n) is 17.5. The first-order valence-electron chi connectivity index (χ1n) is 9.78. The Kier molecular flexibility index (Phi) is 7.98. The smallest absolute Gasteiger partial charge is 0.228 e. The van der Waals surface area contributed by atoms with E-state index in [1.807, 2.05) is 31.1 Å². The molecule has 0 radical (unpaired) electrons. The molecule has 0 aromatic carbocycles. The van der Waals surface area contributed by atoms with Crippen molar-refractivity contribution in [2.45, 2.75) is 26.7 Å². The highest BCUT2D eigenvalue weighted by Crippen LogP contribution is 2.29. The second-order valence-corrected chi connectivity index (χ2v) is 6.52. The molecule has 0 saturated heterocycles. The van der Waals surface area contributed by atoms with E-state index < -0.39 is 0 Å². The van der Waals surface area contributed by atoms with Gasteiger partial charge in [0.25, 0.3) is 0 Å². The molecule has 8 nitrogen and oxygen atoms in total. The van der Waals surface area contributed by atoms with Gasteiger partial charge in [0.2, 0.25) is 11.9 Å². The van der Waals surface area contributed by atoms with Crippen LogP contribution in [0, 0.1) is 0 Å². The number of hydrogen-bond donors (Lipinski definition) is 2. The van der Waals surface area contributed by atoms with Gasteiger partial charge in [0.05, 0.1) is 0 Å². The van der Waals surface area contributed by atoms with E-state index in [1.165, 1.54) is 0 Å². The Balaban J connectivity index is 2.71. The number of rotatable bonds is 12. The van der Waals surface area contributed by atoms with Gasteiger partial charge in [-0.15, -0.1) is 13.2 Å². The largest absolute Gasteiger partial charge is 0.371 e. The fourth-order valence-corrected chi connectivity index (χ4v) is 2.88. The van der Waals surface area contributed by atoms with Crippen LogP contribution in [0.25, 0.3) is 11.0 Å². The predicted molar refractivity (Wildman–Crippen MR) is 120 cm³/mol. The number of nitrogens with one attached hydrogen (secondary N) is 2. The summed E-state index contributed by atoms with van der Waals surface area (Å²) < 4.78 is 0. The number of fused-ring (bicyclic) bond motifs is 1. The van der Waals surface area contributed by atoms with E-state index in [-0.39, 0.29) is 0 Å². The Bertz CT molecular complexity index is 794. The maximum Gasteiger partial charge on any atom is 0.228 e. The molecule has 0 saturated carbocycles. The molecule has 152 valence electrons. The molecule has 8 heteroatoms. The minimum absolute atomic E-state index is 0.579. The van der Waals surface area contributed by atoms with Gasteiger partial charge in [-0.3, -0.25) is 0 Å². The van der Waals surface area contributed by atoms with Crippen LogP contribution in [0.5, 0.6) is 0 Å². The lowest BCUT2D eigenvalue weighted by Crippen LogP contribution is -2.27. The summed E-state index contributed by atoms with van der Waals surface area (Å²) in [6, 6.07) is 0. The molecule has 2 N–H and O–H groups in total. The molecule has 0 atom stereocenters. The average molecular weight is 385 g/mol. The van der Waals surface area contributed by atoms with Crippen LogP contribution in [0.1, 0.15) is 26.7 Å². The maximum absolute atomic E-state index is 4.85. The molecule has 2 aromatic rings. The van der Waals surface area contributed by atoms with Gasteiger partial charge >= 0.3 is 0 Å². The molecule has 0 aliphatic carbocycles. The summed E-state index contributed by atoms with van der Waals surface area (Å²) in [4.78, 5) is 23.1. The van der Waals surface area contributed by atoms with Crippen molar-refractivity contribution in [2.24, 2.45) is 0 Å². The van der Waals surface area contributed by atoms with E-state index in [2.05, 4.69) is 47.5 Å². The van der Waals surface area contributed by atoms with Crippen LogP contribution in [-0.2, 0) is 0 Å². The van der Waals surface area contributed by atoms with Crippen LogP contribution in [0.15, 0.2) is 25.3 Å². The Morgan fingerprint density at radius 3 is 2.25 bits per heavy atom. The maximum atomic E-state index is 4.85. The molecule has 2 heterocycles. The number of hydrogen-bond acceptors (Lipinski definition) is 8. The summed E-state index contributed by atoms with van der Waals surface area (Å²) in [5, 5.41) is 6.42. The molecule has 0 aliphatic rings. The summed E-state index contributed by atoms with van der Waals surface area (Å²) in [5.41, 5.74) is 1.43. The molecule has 2 aromatic heterocycles. The van der Waals surface area contributed by atoms with Crippen LogP contribution < -0.4 is 20.4 Å².